The molecule has 1 aromatic rings. The van der Waals surface area contributed by atoms with Crippen LogP contribution in [0.5, 0.6) is 0 Å². The molecular weight excluding hydrogens is 376 g/mol. The maximum absolute atomic E-state index is 10.6. The van der Waals surface area contributed by atoms with Crippen molar-refractivity contribution in [1.82, 2.24) is 10.2 Å². The molecule has 1 aromatic heterocycles. The van der Waals surface area contributed by atoms with E-state index in [9.17, 15) is 5.11 Å². The molecule has 0 amide bonds. The number of hydrogen-bond acceptors (Lipinski definition) is 3. The molecule has 2 N–H and O–H groups in total. The van der Waals surface area contributed by atoms with Gasteiger partial charge in [-0.1, -0.05) is 41.0 Å². The van der Waals surface area contributed by atoms with Gasteiger partial charge in [0.05, 0.1) is 17.4 Å². The molecule has 0 spiro atoms. The SMILES string of the molecule is CC[Si](CC)(CC)OC(C)(C)c1cc([C@@H](C)C2CC[C@H]3[C@@H](O)CCC[C@]23C)[nH]n1. The summed E-state index contributed by atoms with van der Waals surface area (Å²) in [6.07, 6.45) is 5.66. The molecule has 5 atom stereocenters. The van der Waals surface area contributed by atoms with Crippen LogP contribution in [0.2, 0.25) is 18.1 Å². The minimum absolute atomic E-state index is 0.106. The lowest BCUT2D eigenvalue weighted by atomic mass is 9.61. The van der Waals surface area contributed by atoms with Gasteiger partial charge in [0, 0.05) is 11.6 Å². The molecule has 29 heavy (non-hydrogen) atoms. The zero-order valence-corrected chi connectivity index (χ0v) is 20.8. The molecule has 1 unspecified atom stereocenters. The Morgan fingerprint density at radius 2 is 1.90 bits per heavy atom. The average Bonchev–Trinajstić information content (AvgIpc) is 3.32. The summed E-state index contributed by atoms with van der Waals surface area (Å²) in [6, 6.07) is 5.73. The summed E-state index contributed by atoms with van der Waals surface area (Å²) in [6.45, 7) is 16.0. The van der Waals surface area contributed by atoms with Crippen molar-refractivity contribution in [2.75, 3.05) is 0 Å². The fourth-order valence-corrected chi connectivity index (χ4v) is 9.79. The Balaban J connectivity index is 1.79. The van der Waals surface area contributed by atoms with Gasteiger partial charge in [-0.15, -0.1) is 0 Å². The third-order valence-corrected chi connectivity index (χ3v) is 13.7. The predicted molar refractivity (Wildman–Crippen MR) is 122 cm³/mol. The van der Waals surface area contributed by atoms with Crippen LogP contribution in [0.1, 0.15) is 97.9 Å². The van der Waals surface area contributed by atoms with Gasteiger partial charge in [-0.3, -0.25) is 5.10 Å². The number of H-pyrrole nitrogens is 1. The van der Waals surface area contributed by atoms with Crippen LogP contribution in [-0.2, 0) is 10.0 Å². The predicted octanol–water partition coefficient (Wildman–Crippen LogP) is 6.35. The molecule has 0 aromatic carbocycles. The molecule has 0 saturated heterocycles. The van der Waals surface area contributed by atoms with Gasteiger partial charge in [-0.25, -0.2) is 0 Å². The van der Waals surface area contributed by atoms with Gasteiger partial charge in [0.25, 0.3) is 0 Å². The Morgan fingerprint density at radius 1 is 1.24 bits per heavy atom. The van der Waals surface area contributed by atoms with Gasteiger partial charge in [0.2, 0.25) is 0 Å². The third kappa shape index (κ3) is 4.11. The van der Waals surface area contributed by atoms with E-state index >= 15 is 0 Å². The molecule has 1 heterocycles. The first kappa shape index (κ1) is 23.0. The molecule has 2 aliphatic carbocycles. The highest BCUT2D eigenvalue weighted by Gasteiger charge is 2.52. The zero-order valence-electron chi connectivity index (χ0n) is 19.8. The highest BCUT2D eigenvalue weighted by atomic mass is 28.4. The number of aliphatic hydroxyl groups excluding tert-OH is 1. The molecule has 2 fully saturated rings. The van der Waals surface area contributed by atoms with Gasteiger partial charge < -0.3 is 9.53 Å². The number of aromatic nitrogens is 2. The van der Waals surface area contributed by atoms with E-state index in [4.69, 9.17) is 9.52 Å². The summed E-state index contributed by atoms with van der Waals surface area (Å²) in [7, 11) is -1.70. The molecule has 5 heteroatoms. The summed E-state index contributed by atoms with van der Waals surface area (Å²) >= 11 is 0. The first-order valence-corrected chi connectivity index (χ1v) is 14.6. The van der Waals surface area contributed by atoms with E-state index in [1.807, 2.05) is 0 Å². The highest BCUT2D eigenvalue weighted by Crippen LogP contribution is 2.59. The summed E-state index contributed by atoms with van der Waals surface area (Å²) in [4.78, 5) is 0. The maximum atomic E-state index is 10.6. The van der Waals surface area contributed by atoms with Crippen molar-refractivity contribution in [2.45, 2.75) is 116 Å². The van der Waals surface area contributed by atoms with Crippen molar-refractivity contribution in [3.05, 3.63) is 17.5 Å². The number of nitrogens with zero attached hydrogens (tertiary/aromatic N) is 1. The van der Waals surface area contributed by atoms with Crippen molar-refractivity contribution in [3.8, 4) is 0 Å². The van der Waals surface area contributed by atoms with Gasteiger partial charge >= 0.3 is 0 Å². The van der Waals surface area contributed by atoms with Gasteiger partial charge in [0.15, 0.2) is 8.32 Å². The number of rotatable bonds is 8. The minimum atomic E-state index is -1.70. The lowest BCUT2D eigenvalue weighted by Gasteiger charge is -2.45. The van der Waals surface area contributed by atoms with Crippen molar-refractivity contribution in [2.24, 2.45) is 17.3 Å². The van der Waals surface area contributed by atoms with Crippen LogP contribution < -0.4 is 0 Å². The Labute approximate surface area is 179 Å². The van der Waals surface area contributed by atoms with E-state index in [0.717, 1.165) is 36.7 Å². The summed E-state index contributed by atoms with van der Waals surface area (Å²) in [5.74, 6) is 1.50. The molecule has 4 nitrogen and oxygen atoms in total. The maximum Gasteiger partial charge on any atom is 0.193 e. The standard InChI is InChI=1S/C24H44N2O2Si/c1-8-29(9-2,10-3)28-23(5,6)22-16-20(25-26-22)17(4)18-13-14-19-21(27)12-11-15-24(18,19)7/h16-19,21,27H,8-15H2,1-7H3,(H,25,26)/t17-,18?,19-,21-,24+/m0/s1. The second-order valence-corrected chi connectivity index (χ2v) is 15.3. The van der Waals surface area contributed by atoms with Crippen LogP contribution >= 0.6 is 0 Å². The van der Waals surface area contributed by atoms with Crippen LogP contribution in [0.3, 0.4) is 0 Å². The quantitative estimate of drug-likeness (QED) is 0.482. The fourth-order valence-electron chi connectivity index (χ4n) is 6.67. The van der Waals surface area contributed by atoms with Crippen LogP contribution in [-0.4, -0.2) is 29.7 Å². The first-order chi connectivity index (χ1) is 13.6. The molecule has 0 radical (unpaired) electrons. The molecule has 2 saturated carbocycles. The minimum Gasteiger partial charge on any atom is -0.406 e. The van der Waals surface area contributed by atoms with Crippen molar-refractivity contribution >= 4 is 8.32 Å². The monoisotopic (exact) mass is 420 g/mol. The molecule has 0 bridgehead atoms. The first-order valence-electron chi connectivity index (χ1n) is 12.1. The highest BCUT2D eigenvalue weighted by molar-refractivity contribution is 6.73. The zero-order chi connectivity index (χ0) is 21.4. The van der Waals surface area contributed by atoms with Crippen LogP contribution in [0, 0.1) is 17.3 Å². The third-order valence-electron chi connectivity index (χ3n) is 8.88. The molecule has 166 valence electrons. The van der Waals surface area contributed by atoms with E-state index in [1.54, 1.807) is 0 Å². The molecular formula is C24H44N2O2Si. The number of hydrogen-bond donors (Lipinski definition) is 2. The smallest absolute Gasteiger partial charge is 0.193 e. The number of aliphatic hydroxyl groups is 1. The van der Waals surface area contributed by atoms with Crippen LogP contribution in [0.4, 0.5) is 0 Å². The van der Waals surface area contributed by atoms with Crippen molar-refractivity contribution in [1.29, 1.82) is 0 Å². The van der Waals surface area contributed by atoms with Gasteiger partial charge in [-0.2, -0.15) is 5.10 Å². The van der Waals surface area contributed by atoms with E-state index < -0.39 is 8.32 Å². The second kappa shape index (κ2) is 8.47. The molecule has 2 aliphatic rings. The lowest BCUT2D eigenvalue weighted by molar-refractivity contribution is -0.0210. The van der Waals surface area contributed by atoms with Gasteiger partial charge in [0.1, 0.15) is 0 Å². The number of fused-ring (bicyclic) bond motifs is 1. The van der Waals surface area contributed by atoms with Crippen molar-refractivity contribution in [3.63, 3.8) is 0 Å². The largest absolute Gasteiger partial charge is 0.406 e. The van der Waals surface area contributed by atoms with E-state index in [0.29, 0.717) is 17.8 Å². The Kier molecular flexibility index (Phi) is 6.72. The lowest BCUT2D eigenvalue weighted by Crippen LogP contribution is -2.43. The number of nitrogens with one attached hydrogen (secondary N) is 1. The normalized spacial score (nSPS) is 31.7. The van der Waals surface area contributed by atoms with E-state index in [-0.39, 0.29) is 17.1 Å². The Bertz CT molecular complexity index is 676. The topological polar surface area (TPSA) is 58.1 Å². The second-order valence-electron chi connectivity index (χ2n) is 10.6. The van der Waals surface area contributed by atoms with E-state index in [2.05, 4.69) is 59.6 Å². The fraction of sp³-hybridized carbons (Fsp3) is 0.875. The van der Waals surface area contributed by atoms with Crippen LogP contribution in [0.15, 0.2) is 6.07 Å². The van der Waals surface area contributed by atoms with E-state index in [1.165, 1.54) is 25.0 Å². The summed E-state index contributed by atoms with van der Waals surface area (Å²) < 4.78 is 6.82. The summed E-state index contributed by atoms with van der Waals surface area (Å²) in [5.41, 5.74) is 2.17. The van der Waals surface area contributed by atoms with Crippen LogP contribution in [0.25, 0.3) is 0 Å². The molecule has 3 rings (SSSR count). The number of aromatic amines is 1. The van der Waals surface area contributed by atoms with Gasteiger partial charge in [-0.05, 0) is 81.0 Å². The Morgan fingerprint density at radius 3 is 2.52 bits per heavy atom. The summed E-state index contributed by atoms with van der Waals surface area (Å²) in [5, 5.41) is 18.7. The molecule has 0 aliphatic heterocycles. The average molecular weight is 421 g/mol. The van der Waals surface area contributed by atoms with Crippen molar-refractivity contribution < 1.29 is 9.53 Å². The Hall–Kier alpha value is -0.653.